The third kappa shape index (κ3) is 5.21. The van der Waals surface area contributed by atoms with Crippen molar-refractivity contribution in [3.05, 3.63) is 90.3 Å². The Morgan fingerprint density at radius 3 is 2.58 bits per heavy atom. The maximum Gasteiger partial charge on any atom is 0.230 e. The van der Waals surface area contributed by atoms with Crippen LogP contribution in [-0.4, -0.2) is 36.0 Å². The molecule has 0 aliphatic heterocycles. The lowest BCUT2D eigenvalue weighted by molar-refractivity contribution is -0.119. The standard InChI is InChI=1S/C23H24N6OS/c1-17(20-8-10-21(11-9-20)28-13-12-24-16-28)25-22(30)15-31-23-27-26-18(2)29(23)14-19-6-4-3-5-7-19/h3-13,16-17H,14-15H2,1-2H3,(H,25,30). The number of hydrogen-bond acceptors (Lipinski definition) is 5. The number of thioether (sulfide) groups is 1. The Kier molecular flexibility index (Phi) is 6.47. The van der Waals surface area contributed by atoms with Crippen molar-refractivity contribution in [2.45, 2.75) is 31.6 Å². The zero-order chi connectivity index (χ0) is 21.6. The van der Waals surface area contributed by atoms with Crippen LogP contribution in [-0.2, 0) is 11.3 Å². The molecule has 0 aliphatic carbocycles. The van der Waals surface area contributed by atoms with Crippen molar-refractivity contribution in [2.75, 3.05) is 5.75 Å². The van der Waals surface area contributed by atoms with Crippen LogP contribution < -0.4 is 5.32 Å². The predicted octanol–water partition coefficient (Wildman–Crippen LogP) is 3.79. The molecule has 0 bridgehead atoms. The molecule has 2 aromatic carbocycles. The van der Waals surface area contributed by atoms with Gasteiger partial charge in [0.1, 0.15) is 5.82 Å². The van der Waals surface area contributed by atoms with Gasteiger partial charge in [0.15, 0.2) is 5.16 Å². The van der Waals surface area contributed by atoms with Crippen LogP contribution in [0.3, 0.4) is 0 Å². The van der Waals surface area contributed by atoms with Crippen molar-refractivity contribution in [1.29, 1.82) is 0 Å². The van der Waals surface area contributed by atoms with Crippen molar-refractivity contribution < 1.29 is 4.79 Å². The number of aryl methyl sites for hydroxylation is 1. The minimum atomic E-state index is -0.0890. The number of rotatable bonds is 8. The minimum absolute atomic E-state index is 0.0388. The summed E-state index contributed by atoms with van der Waals surface area (Å²) < 4.78 is 3.97. The van der Waals surface area contributed by atoms with Gasteiger partial charge in [-0.2, -0.15) is 0 Å². The molecule has 8 heteroatoms. The molecular weight excluding hydrogens is 408 g/mol. The van der Waals surface area contributed by atoms with E-state index >= 15 is 0 Å². The number of aromatic nitrogens is 5. The van der Waals surface area contributed by atoms with E-state index < -0.39 is 0 Å². The van der Waals surface area contributed by atoms with Crippen molar-refractivity contribution >= 4 is 17.7 Å². The largest absolute Gasteiger partial charge is 0.349 e. The van der Waals surface area contributed by atoms with Gasteiger partial charge in [0, 0.05) is 18.1 Å². The first-order chi connectivity index (χ1) is 15.1. The van der Waals surface area contributed by atoms with E-state index in [1.807, 2.05) is 71.6 Å². The summed E-state index contributed by atoms with van der Waals surface area (Å²) in [7, 11) is 0. The second kappa shape index (κ2) is 9.61. The quantitative estimate of drug-likeness (QED) is 0.429. The van der Waals surface area contributed by atoms with Gasteiger partial charge < -0.3 is 14.5 Å². The summed E-state index contributed by atoms with van der Waals surface area (Å²) in [5.41, 5.74) is 3.25. The molecule has 4 rings (SSSR count). The molecule has 0 spiro atoms. The Morgan fingerprint density at radius 2 is 1.87 bits per heavy atom. The second-order valence-corrected chi connectivity index (χ2v) is 8.18. The third-order valence-corrected chi connectivity index (χ3v) is 5.96. The van der Waals surface area contributed by atoms with E-state index in [0.717, 1.165) is 22.2 Å². The van der Waals surface area contributed by atoms with E-state index in [2.05, 4.69) is 32.6 Å². The molecular formula is C23H24N6OS. The molecule has 1 amide bonds. The van der Waals surface area contributed by atoms with Crippen LogP contribution in [0.15, 0.2) is 78.5 Å². The lowest BCUT2D eigenvalue weighted by atomic mass is 10.1. The van der Waals surface area contributed by atoms with E-state index in [0.29, 0.717) is 6.54 Å². The molecule has 4 aromatic rings. The fourth-order valence-electron chi connectivity index (χ4n) is 3.26. The summed E-state index contributed by atoms with van der Waals surface area (Å²) in [4.78, 5) is 16.6. The van der Waals surface area contributed by atoms with Crippen LogP contribution >= 0.6 is 11.8 Å². The lowest BCUT2D eigenvalue weighted by Gasteiger charge is -2.15. The van der Waals surface area contributed by atoms with Crippen LogP contribution in [0.2, 0.25) is 0 Å². The smallest absolute Gasteiger partial charge is 0.230 e. The summed E-state index contributed by atoms with van der Waals surface area (Å²) in [6.07, 6.45) is 5.40. The Bertz CT molecular complexity index is 1120. The van der Waals surface area contributed by atoms with Crippen LogP contribution in [0, 0.1) is 6.92 Å². The summed E-state index contributed by atoms with van der Waals surface area (Å²) in [6, 6.07) is 18.1. The number of hydrogen-bond donors (Lipinski definition) is 1. The fraction of sp³-hybridized carbons (Fsp3) is 0.217. The van der Waals surface area contributed by atoms with E-state index in [-0.39, 0.29) is 17.7 Å². The fourth-order valence-corrected chi connectivity index (χ4v) is 4.05. The molecule has 0 saturated carbocycles. The number of benzene rings is 2. The average molecular weight is 433 g/mol. The lowest BCUT2D eigenvalue weighted by Crippen LogP contribution is -2.28. The number of amides is 1. The molecule has 31 heavy (non-hydrogen) atoms. The van der Waals surface area contributed by atoms with Crippen molar-refractivity contribution in [2.24, 2.45) is 0 Å². The van der Waals surface area contributed by atoms with Gasteiger partial charge in [-0.15, -0.1) is 10.2 Å². The van der Waals surface area contributed by atoms with Gasteiger partial charge >= 0.3 is 0 Å². The number of nitrogens with one attached hydrogen (secondary N) is 1. The van der Waals surface area contributed by atoms with Crippen LogP contribution in [0.4, 0.5) is 0 Å². The zero-order valence-electron chi connectivity index (χ0n) is 17.5. The number of carbonyl (C=O) groups excluding carboxylic acids is 1. The van der Waals surface area contributed by atoms with Crippen LogP contribution in [0.1, 0.15) is 29.9 Å². The topological polar surface area (TPSA) is 77.6 Å². The monoisotopic (exact) mass is 432 g/mol. The number of carbonyl (C=O) groups is 1. The van der Waals surface area contributed by atoms with E-state index in [9.17, 15) is 4.79 Å². The van der Waals surface area contributed by atoms with Crippen LogP contribution in [0.5, 0.6) is 0 Å². The number of nitrogens with zero attached hydrogens (tertiary/aromatic N) is 5. The molecule has 1 unspecified atom stereocenters. The summed E-state index contributed by atoms with van der Waals surface area (Å²) in [6.45, 7) is 4.59. The van der Waals surface area contributed by atoms with Gasteiger partial charge in [-0.25, -0.2) is 4.98 Å². The molecule has 1 atom stereocenters. The molecule has 0 saturated heterocycles. The first-order valence-corrected chi connectivity index (χ1v) is 11.0. The SMILES string of the molecule is Cc1nnc(SCC(=O)NC(C)c2ccc(-n3ccnc3)cc2)n1Cc1ccccc1. The molecule has 2 heterocycles. The highest BCUT2D eigenvalue weighted by Gasteiger charge is 2.14. The maximum absolute atomic E-state index is 12.5. The normalized spacial score (nSPS) is 11.9. The molecule has 158 valence electrons. The molecule has 0 radical (unpaired) electrons. The van der Waals surface area contributed by atoms with Gasteiger partial charge in [-0.05, 0) is 37.1 Å². The van der Waals surface area contributed by atoms with E-state index in [1.54, 1.807) is 12.5 Å². The zero-order valence-corrected chi connectivity index (χ0v) is 18.3. The summed E-state index contributed by atoms with van der Waals surface area (Å²) >= 11 is 1.40. The predicted molar refractivity (Wildman–Crippen MR) is 121 cm³/mol. The molecule has 2 aromatic heterocycles. The molecule has 7 nitrogen and oxygen atoms in total. The van der Waals surface area contributed by atoms with Crippen molar-refractivity contribution in [3.63, 3.8) is 0 Å². The summed E-state index contributed by atoms with van der Waals surface area (Å²) in [5, 5.41) is 12.2. The summed E-state index contributed by atoms with van der Waals surface area (Å²) in [5.74, 6) is 1.07. The first-order valence-electron chi connectivity index (χ1n) is 10.0. The van der Waals surface area contributed by atoms with Crippen molar-refractivity contribution in [1.82, 2.24) is 29.6 Å². The average Bonchev–Trinajstić information content (AvgIpc) is 3.44. The van der Waals surface area contributed by atoms with Gasteiger partial charge in [-0.3, -0.25) is 4.79 Å². The Labute approximate surface area is 185 Å². The third-order valence-electron chi connectivity index (χ3n) is 4.99. The maximum atomic E-state index is 12.5. The van der Waals surface area contributed by atoms with Gasteiger partial charge in [-0.1, -0.05) is 54.2 Å². The van der Waals surface area contributed by atoms with Gasteiger partial charge in [0.2, 0.25) is 5.91 Å². The van der Waals surface area contributed by atoms with E-state index in [1.165, 1.54) is 17.3 Å². The van der Waals surface area contributed by atoms with E-state index in [4.69, 9.17) is 0 Å². The Hall–Kier alpha value is -3.39. The highest BCUT2D eigenvalue weighted by Crippen LogP contribution is 2.20. The Balaban J connectivity index is 1.33. The highest BCUT2D eigenvalue weighted by atomic mass is 32.2. The Morgan fingerprint density at radius 1 is 1.10 bits per heavy atom. The van der Waals surface area contributed by atoms with Crippen LogP contribution in [0.25, 0.3) is 5.69 Å². The molecule has 0 fully saturated rings. The highest BCUT2D eigenvalue weighted by molar-refractivity contribution is 7.99. The molecule has 1 N–H and O–H groups in total. The first kappa shape index (κ1) is 20.9. The minimum Gasteiger partial charge on any atom is -0.349 e. The van der Waals surface area contributed by atoms with Gasteiger partial charge in [0.25, 0.3) is 0 Å². The molecule has 0 aliphatic rings. The van der Waals surface area contributed by atoms with Gasteiger partial charge in [0.05, 0.1) is 24.7 Å². The second-order valence-electron chi connectivity index (χ2n) is 7.24. The van der Waals surface area contributed by atoms with Crippen molar-refractivity contribution in [3.8, 4) is 5.69 Å². The number of imidazole rings is 1.